The lowest BCUT2D eigenvalue weighted by molar-refractivity contribution is -0.116. The average Bonchev–Trinajstić information content (AvgIpc) is 2.51. The molecular formula is C18H23N5O2S. The molecule has 138 valence electrons. The van der Waals surface area contributed by atoms with Crippen molar-refractivity contribution in [3.8, 4) is 0 Å². The van der Waals surface area contributed by atoms with Crippen molar-refractivity contribution in [2.24, 2.45) is 5.92 Å². The summed E-state index contributed by atoms with van der Waals surface area (Å²) in [6.45, 7) is 7.19. The van der Waals surface area contributed by atoms with Crippen LogP contribution in [0.5, 0.6) is 0 Å². The molecule has 0 aliphatic rings. The van der Waals surface area contributed by atoms with E-state index in [1.165, 1.54) is 18.7 Å². The topological polar surface area (TPSA) is 110 Å². The number of aryl methyl sites for hydroxylation is 1. The molecule has 4 N–H and O–H groups in total. The molecule has 2 aromatic rings. The molecule has 1 heterocycles. The molecule has 0 aliphatic carbocycles. The van der Waals surface area contributed by atoms with Gasteiger partial charge in [0.2, 0.25) is 11.8 Å². The summed E-state index contributed by atoms with van der Waals surface area (Å²) in [7, 11) is 0. The van der Waals surface area contributed by atoms with E-state index in [1.54, 1.807) is 30.3 Å². The van der Waals surface area contributed by atoms with Gasteiger partial charge in [-0.3, -0.25) is 9.59 Å². The number of nitrogen functional groups attached to an aromatic ring is 1. The van der Waals surface area contributed by atoms with Gasteiger partial charge in [-0.1, -0.05) is 31.7 Å². The molecule has 0 radical (unpaired) electrons. The number of hydrogen-bond donors (Lipinski definition) is 3. The van der Waals surface area contributed by atoms with Gasteiger partial charge in [0.15, 0.2) is 5.16 Å². The van der Waals surface area contributed by atoms with Gasteiger partial charge in [-0.15, -0.1) is 0 Å². The van der Waals surface area contributed by atoms with Gasteiger partial charge in [0, 0.05) is 30.1 Å². The number of benzene rings is 1. The van der Waals surface area contributed by atoms with Gasteiger partial charge in [-0.25, -0.2) is 9.97 Å². The molecule has 8 heteroatoms. The summed E-state index contributed by atoms with van der Waals surface area (Å²) < 4.78 is 0. The zero-order chi connectivity index (χ0) is 19.3. The Hall–Kier alpha value is -2.61. The number of amides is 2. The van der Waals surface area contributed by atoms with Crippen molar-refractivity contribution in [1.82, 2.24) is 9.97 Å². The van der Waals surface area contributed by atoms with E-state index in [2.05, 4.69) is 20.6 Å². The number of thioether (sulfide) groups is 1. The highest BCUT2D eigenvalue weighted by molar-refractivity contribution is 8.00. The fraction of sp³-hybridized carbons (Fsp3) is 0.333. The number of carbonyl (C=O) groups excluding carboxylic acids is 2. The van der Waals surface area contributed by atoms with Gasteiger partial charge in [0.25, 0.3) is 0 Å². The van der Waals surface area contributed by atoms with Crippen molar-refractivity contribution in [3.05, 3.63) is 36.0 Å². The van der Waals surface area contributed by atoms with Gasteiger partial charge in [0.1, 0.15) is 5.82 Å². The Kier molecular flexibility index (Phi) is 6.57. The van der Waals surface area contributed by atoms with Crippen LogP contribution < -0.4 is 16.4 Å². The molecule has 0 unspecified atom stereocenters. The second-order valence-corrected chi connectivity index (χ2v) is 7.36. The first kappa shape index (κ1) is 19.7. The van der Waals surface area contributed by atoms with E-state index in [1.807, 2.05) is 20.8 Å². The lowest BCUT2D eigenvalue weighted by atomic mass is 10.1. The summed E-state index contributed by atoms with van der Waals surface area (Å²) in [6.07, 6.45) is 0. The molecule has 0 aliphatic heterocycles. The molecule has 0 spiro atoms. The van der Waals surface area contributed by atoms with Crippen LogP contribution in [0.3, 0.4) is 0 Å². The number of aromatic nitrogens is 2. The Morgan fingerprint density at radius 1 is 1.12 bits per heavy atom. The Labute approximate surface area is 157 Å². The zero-order valence-corrected chi connectivity index (χ0v) is 16.1. The van der Waals surface area contributed by atoms with Crippen molar-refractivity contribution in [2.45, 2.75) is 38.1 Å². The maximum absolute atomic E-state index is 12.8. The van der Waals surface area contributed by atoms with E-state index in [4.69, 9.17) is 5.73 Å². The van der Waals surface area contributed by atoms with Crippen molar-refractivity contribution in [2.75, 3.05) is 16.4 Å². The van der Waals surface area contributed by atoms with E-state index in [0.717, 1.165) is 5.69 Å². The molecule has 2 amide bonds. The number of nitrogens with zero attached hydrogens (tertiary/aromatic N) is 2. The number of carbonyl (C=O) groups is 2. The predicted molar refractivity (Wildman–Crippen MR) is 105 cm³/mol. The normalized spacial score (nSPS) is 11.9. The van der Waals surface area contributed by atoms with E-state index in [0.29, 0.717) is 22.3 Å². The van der Waals surface area contributed by atoms with E-state index in [9.17, 15) is 9.59 Å². The van der Waals surface area contributed by atoms with Crippen molar-refractivity contribution in [1.29, 1.82) is 0 Å². The lowest BCUT2D eigenvalue weighted by Crippen LogP contribution is -2.30. The molecular weight excluding hydrogens is 350 g/mol. The van der Waals surface area contributed by atoms with Crippen LogP contribution in [-0.4, -0.2) is 27.0 Å². The number of nitrogens with two attached hydrogens (primary N) is 1. The van der Waals surface area contributed by atoms with Crippen LogP contribution in [0.1, 0.15) is 26.5 Å². The minimum Gasteiger partial charge on any atom is -0.384 e. The SMILES string of the molecule is CC(=O)Nc1cccc(NC(=O)[C@H](Sc2nc(C)cc(N)n2)C(C)C)c1. The highest BCUT2D eigenvalue weighted by Crippen LogP contribution is 2.28. The Bertz CT molecular complexity index is 790. The second kappa shape index (κ2) is 8.66. The maximum Gasteiger partial charge on any atom is 0.238 e. The standard InChI is InChI=1S/C18H23N5O2S/c1-10(2)16(26-18-20-11(3)8-15(19)23-18)17(25)22-14-7-5-6-13(9-14)21-12(4)24/h5-10,16H,1-4H3,(H,21,24)(H,22,25)(H2,19,20,23)/t16-/m1/s1. The first-order chi connectivity index (χ1) is 12.2. The van der Waals surface area contributed by atoms with Crippen molar-refractivity contribution < 1.29 is 9.59 Å². The fourth-order valence-electron chi connectivity index (χ4n) is 2.31. The van der Waals surface area contributed by atoms with E-state index >= 15 is 0 Å². The van der Waals surface area contributed by atoms with Gasteiger partial charge in [-0.05, 0) is 31.0 Å². The number of hydrogen-bond acceptors (Lipinski definition) is 6. The number of anilines is 3. The predicted octanol–water partition coefficient (Wildman–Crippen LogP) is 3.08. The Balaban J connectivity index is 2.14. The molecule has 0 saturated carbocycles. The molecule has 7 nitrogen and oxygen atoms in total. The molecule has 1 aromatic heterocycles. The lowest BCUT2D eigenvalue weighted by Gasteiger charge is -2.19. The largest absolute Gasteiger partial charge is 0.384 e. The zero-order valence-electron chi connectivity index (χ0n) is 15.2. The number of rotatable bonds is 6. The highest BCUT2D eigenvalue weighted by Gasteiger charge is 2.25. The quantitative estimate of drug-likeness (QED) is 0.530. The van der Waals surface area contributed by atoms with Crippen LogP contribution in [-0.2, 0) is 9.59 Å². The first-order valence-electron chi connectivity index (χ1n) is 8.21. The second-order valence-electron chi connectivity index (χ2n) is 6.25. The summed E-state index contributed by atoms with van der Waals surface area (Å²) in [5.41, 5.74) is 7.76. The fourth-order valence-corrected chi connectivity index (χ4v) is 3.33. The summed E-state index contributed by atoms with van der Waals surface area (Å²) in [5, 5.41) is 5.67. The smallest absolute Gasteiger partial charge is 0.238 e. The van der Waals surface area contributed by atoms with Gasteiger partial charge < -0.3 is 16.4 Å². The highest BCUT2D eigenvalue weighted by atomic mass is 32.2. The minimum absolute atomic E-state index is 0.0591. The summed E-state index contributed by atoms with van der Waals surface area (Å²) in [6, 6.07) is 8.69. The maximum atomic E-state index is 12.8. The van der Waals surface area contributed by atoms with Crippen molar-refractivity contribution >= 4 is 40.8 Å². The molecule has 2 rings (SSSR count). The Morgan fingerprint density at radius 2 is 1.77 bits per heavy atom. The molecule has 0 fully saturated rings. The van der Waals surface area contributed by atoms with E-state index < -0.39 is 0 Å². The van der Waals surface area contributed by atoms with E-state index in [-0.39, 0.29) is 23.0 Å². The van der Waals surface area contributed by atoms with Gasteiger partial charge in [-0.2, -0.15) is 0 Å². The third kappa shape index (κ3) is 5.73. The molecule has 0 saturated heterocycles. The van der Waals surface area contributed by atoms with Crippen LogP contribution in [0, 0.1) is 12.8 Å². The summed E-state index contributed by atoms with van der Waals surface area (Å²) in [4.78, 5) is 32.5. The molecule has 1 aromatic carbocycles. The average molecular weight is 373 g/mol. The molecule has 1 atom stereocenters. The third-order valence-electron chi connectivity index (χ3n) is 3.40. The molecule has 26 heavy (non-hydrogen) atoms. The summed E-state index contributed by atoms with van der Waals surface area (Å²) in [5.74, 6) is 0.113. The number of nitrogens with one attached hydrogen (secondary N) is 2. The van der Waals surface area contributed by atoms with Crippen LogP contribution in [0.15, 0.2) is 35.5 Å². The van der Waals surface area contributed by atoms with Crippen molar-refractivity contribution in [3.63, 3.8) is 0 Å². The van der Waals surface area contributed by atoms with Crippen LogP contribution in [0.25, 0.3) is 0 Å². The monoisotopic (exact) mass is 373 g/mol. The summed E-state index contributed by atoms with van der Waals surface area (Å²) >= 11 is 1.28. The van der Waals surface area contributed by atoms with Gasteiger partial charge in [0.05, 0.1) is 5.25 Å². The Morgan fingerprint density at radius 3 is 2.35 bits per heavy atom. The van der Waals surface area contributed by atoms with Crippen LogP contribution in [0.4, 0.5) is 17.2 Å². The third-order valence-corrected chi connectivity index (χ3v) is 4.81. The van der Waals surface area contributed by atoms with Crippen LogP contribution >= 0.6 is 11.8 Å². The van der Waals surface area contributed by atoms with Crippen LogP contribution in [0.2, 0.25) is 0 Å². The minimum atomic E-state index is -0.388. The molecule has 0 bridgehead atoms. The van der Waals surface area contributed by atoms with Gasteiger partial charge >= 0.3 is 0 Å². The first-order valence-corrected chi connectivity index (χ1v) is 9.09.